The molecule has 0 aliphatic heterocycles. The molecule has 0 spiro atoms. The van der Waals surface area contributed by atoms with E-state index in [-0.39, 0.29) is 37.7 Å². The highest BCUT2D eigenvalue weighted by atomic mass is 35.5. The summed E-state index contributed by atoms with van der Waals surface area (Å²) < 4.78 is 26.5. The maximum Gasteiger partial charge on any atom is 0.242 e. The number of nitrogens with one attached hydrogen (secondary N) is 1. The van der Waals surface area contributed by atoms with E-state index in [9.17, 15) is 18.0 Å². The lowest BCUT2D eigenvalue weighted by Gasteiger charge is -2.31. The summed E-state index contributed by atoms with van der Waals surface area (Å²) in [6, 6.07) is 9.96. The predicted octanol–water partition coefficient (Wildman–Crippen LogP) is 5.49. The van der Waals surface area contributed by atoms with Crippen LogP contribution in [-0.2, 0) is 26.2 Å². The van der Waals surface area contributed by atoms with Gasteiger partial charge in [0, 0.05) is 36.1 Å². The average Bonchev–Trinajstić information content (AvgIpc) is 2.80. The second-order valence-corrected chi connectivity index (χ2v) is 12.0. The monoisotopic (exact) mass is 569 g/mol. The van der Waals surface area contributed by atoms with Crippen LogP contribution >= 0.6 is 23.2 Å². The van der Waals surface area contributed by atoms with E-state index in [0.29, 0.717) is 34.3 Å². The van der Waals surface area contributed by atoms with Crippen LogP contribution in [-0.4, -0.2) is 50.5 Å². The van der Waals surface area contributed by atoms with Crippen molar-refractivity contribution in [3.8, 4) is 0 Å². The molecule has 2 aromatic rings. The molecule has 0 heterocycles. The minimum Gasteiger partial charge on any atom is -0.354 e. The number of hydrogen-bond acceptors (Lipinski definition) is 4. The van der Waals surface area contributed by atoms with E-state index in [4.69, 9.17) is 23.2 Å². The minimum atomic E-state index is -3.56. The standard InChI is InChI=1S/C27H37Cl2N3O4S/c1-6-12-30-27(34)25(7-2)31(18-21-10-11-22(28)17-24(21)29)26(33)9-8-13-32(37(5,35)36)23-15-19(3)14-20(4)16-23/h10-11,14-17,25H,6-9,12-13,18H2,1-5H3,(H,30,34). The fourth-order valence-electron chi connectivity index (χ4n) is 4.22. The van der Waals surface area contributed by atoms with Gasteiger partial charge in [0.2, 0.25) is 21.8 Å². The van der Waals surface area contributed by atoms with Gasteiger partial charge < -0.3 is 10.2 Å². The number of hydrogen-bond donors (Lipinski definition) is 1. The highest BCUT2D eigenvalue weighted by molar-refractivity contribution is 7.92. The van der Waals surface area contributed by atoms with Crippen molar-refractivity contribution in [3.63, 3.8) is 0 Å². The van der Waals surface area contributed by atoms with E-state index >= 15 is 0 Å². The van der Waals surface area contributed by atoms with Gasteiger partial charge in [0.1, 0.15) is 6.04 Å². The van der Waals surface area contributed by atoms with Crippen molar-refractivity contribution in [1.82, 2.24) is 10.2 Å². The van der Waals surface area contributed by atoms with Crippen LogP contribution < -0.4 is 9.62 Å². The molecule has 2 aromatic carbocycles. The van der Waals surface area contributed by atoms with Gasteiger partial charge in [-0.2, -0.15) is 0 Å². The zero-order chi connectivity index (χ0) is 27.8. The van der Waals surface area contributed by atoms with Gasteiger partial charge in [-0.1, -0.05) is 49.2 Å². The summed E-state index contributed by atoms with van der Waals surface area (Å²) in [5.74, 6) is -0.478. The zero-order valence-corrected chi connectivity index (χ0v) is 24.5. The SMILES string of the molecule is CCCNC(=O)C(CC)N(Cc1ccc(Cl)cc1Cl)C(=O)CCCN(c1cc(C)cc(C)c1)S(C)(=O)=O. The molecule has 0 bridgehead atoms. The van der Waals surface area contributed by atoms with Crippen LogP contribution in [0, 0.1) is 13.8 Å². The predicted molar refractivity (Wildman–Crippen MR) is 152 cm³/mol. The number of halogens is 2. The first-order valence-electron chi connectivity index (χ1n) is 12.4. The molecule has 0 radical (unpaired) electrons. The molecular formula is C27H37Cl2N3O4S. The van der Waals surface area contributed by atoms with E-state index in [2.05, 4.69) is 5.32 Å². The molecule has 2 rings (SSSR count). The maximum absolute atomic E-state index is 13.5. The Bertz CT molecular complexity index is 1180. The third-order valence-corrected chi connectivity index (χ3v) is 7.72. The van der Waals surface area contributed by atoms with Gasteiger partial charge in [-0.05, 0) is 74.1 Å². The quantitative estimate of drug-likeness (QED) is 0.345. The molecule has 1 atom stereocenters. The smallest absolute Gasteiger partial charge is 0.242 e. The van der Waals surface area contributed by atoms with Crippen LogP contribution in [0.5, 0.6) is 0 Å². The van der Waals surface area contributed by atoms with E-state index in [1.165, 1.54) is 9.21 Å². The molecule has 37 heavy (non-hydrogen) atoms. The molecule has 0 saturated heterocycles. The molecule has 1 N–H and O–H groups in total. The first-order valence-corrected chi connectivity index (χ1v) is 15.0. The molecular weight excluding hydrogens is 533 g/mol. The number of amides is 2. The van der Waals surface area contributed by atoms with Crippen LogP contribution in [0.3, 0.4) is 0 Å². The average molecular weight is 571 g/mol. The molecule has 0 aliphatic rings. The second-order valence-electron chi connectivity index (χ2n) is 9.26. The lowest BCUT2D eigenvalue weighted by atomic mass is 10.1. The first-order chi connectivity index (χ1) is 17.4. The number of carbonyl (C=O) groups excluding carboxylic acids is 2. The number of sulfonamides is 1. The largest absolute Gasteiger partial charge is 0.354 e. The Balaban J connectivity index is 2.26. The Kier molecular flexibility index (Phi) is 11.7. The Morgan fingerprint density at radius 3 is 2.22 bits per heavy atom. The minimum absolute atomic E-state index is 0.0690. The van der Waals surface area contributed by atoms with Crippen LogP contribution in [0.1, 0.15) is 56.2 Å². The first kappa shape index (κ1) is 30.9. The zero-order valence-electron chi connectivity index (χ0n) is 22.2. The summed E-state index contributed by atoms with van der Waals surface area (Å²) in [6.07, 6.45) is 2.71. The van der Waals surface area contributed by atoms with Gasteiger partial charge in [-0.25, -0.2) is 8.42 Å². The van der Waals surface area contributed by atoms with Gasteiger partial charge in [-0.3, -0.25) is 13.9 Å². The Hall–Kier alpha value is -2.29. The van der Waals surface area contributed by atoms with E-state index < -0.39 is 16.1 Å². The number of aryl methyl sites for hydroxylation is 2. The number of nitrogens with zero attached hydrogens (tertiary/aromatic N) is 2. The van der Waals surface area contributed by atoms with E-state index in [1.807, 2.05) is 45.9 Å². The van der Waals surface area contributed by atoms with Gasteiger partial charge in [0.05, 0.1) is 11.9 Å². The number of rotatable bonds is 13. The van der Waals surface area contributed by atoms with Gasteiger partial charge in [0.15, 0.2) is 0 Å². The van der Waals surface area contributed by atoms with Gasteiger partial charge >= 0.3 is 0 Å². The number of anilines is 1. The lowest BCUT2D eigenvalue weighted by Crippen LogP contribution is -2.49. The van der Waals surface area contributed by atoms with Crippen molar-refractivity contribution in [2.75, 3.05) is 23.7 Å². The Morgan fingerprint density at radius 2 is 1.68 bits per heavy atom. The maximum atomic E-state index is 13.5. The lowest BCUT2D eigenvalue weighted by molar-refractivity contribution is -0.141. The Labute approximate surface area is 231 Å². The van der Waals surface area contributed by atoms with Crippen molar-refractivity contribution < 1.29 is 18.0 Å². The molecule has 1 unspecified atom stereocenters. The molecule has 0 aliphatic carbocycles. The fraction of sp³-hybridized carbons (Fsp3) is 0.481. The summed E-state index contributed by atoms with van der Waals surface area (Å²) in [5, 5.41) is 3.77. The molecule has 7 nitrogen and oxygen atoms in total. The van der Waals surface area contributed by atoms with Crippen molar-refractivity contribution >= 4 is 50.7 Å². The second kappa shape index (κ2) is 14.0. The summed E-state index contributed by atoms with van der Waals surface area (Å²) in [7, 11) is -3.56. The fourth-order valence-corrected chi connectivity index (χ4v) is 5.63. The molecule has 0 saturated carbocycles. The third kappa shape index (κ3) is 9.20. The molecule has 0 aromatic heterocycles. The van der Waals surface area contributed by atoms with Crippen LogP contribution in [0.2, 0.25) is 10.0 Å². The van der Waals surface area contributed by atoms with Gasteiger partial charge in [0.25, 0.3) is 0 Å². The highest BCUT2D eigenvalue weighted by Gasteiger charge is 2.29. The molecule has 0 fully saturated rings. The molecule has 2 amide bonds. The van der Waals surface area contributed by atoms with Crippen molar-refractivity contribution in [2.45, 2.75) is 66.0 Å². The number of benzene rings is 2. The topological polar surface area (TPSA) is 86.8 Å². The highest BCUT2D eigenvalue weighted by Crippen LogP contribution is 2.25. The van der Waals surface area contributed by atoms with Crippen LogP contribution in [0.15, 0.2) is 36.4 Å². The van der Waals surface area contributed by atoms with Crippen molar-refractivity contribution in [3.05, 3.63) is 63.1 Å². The van der Waals surface area contributed by atoms with Gasteiger partial charge in [-0.15, -0.1) is 0 Å². The summed E-state index contributed by atoms with van der Waals surface area (Å²) in [5.41, 5.74) is 3.15. The summed E-state index contributed by atoms with van der Waals surface area (Å²) in [6.45, 7) is 8.43. The third-order valence-electron chi connectivity index (χ3n) is 5.94. The Morgan fingerprint density at radius 1 is 1.03 bits per heavy atom. The normalized spacial score (nSPS) is 12.2. The number of carbonyl (C=O) groups is 2. The van der Waals surface area contributed by atoms with Crippen molar-refractivity contribution in [1.29, 1.82) is 0 Å². The summed E-state index contributed by atoms with van der Waals surface area (Å²) in [4.78, 5) is 27.9. The molecule has 10 heteroatoms. The van der Waals surface area contributed by atoms with Crippen LogP contribution in [0.25, 0.3) is 0 Å². The van der Waals surface area contributed by atoms with Crippen LogP contribution in [0.4, 0.5) is 5.69 Å². The summed E-state index contributed by atoms with van der Waals surface area (Å²) >= 11 is 12.4. The van der Waals surface area contributed by atoms with E-state index in [0.717, 1.165) is 23.8 Å². The van der Waals surface area contributed by atoms with E-state index in [1.54, 1.807) is 18.2 Å². The molecule has 204 valence electrons. The van der Waals surface area contributed by atoms with Crippen molar-refractivity contribution in [2.24, 2.45) is 0 Å².